The van der Waals surface area contributed by atoms with E-state index in [1.165, 1.54) is 24.3 Å². The quantitative estimate of drug-likeness (QED) is 0.575. The zero-order chi connectivity index (χ0) is 18.4. The molecule has 0 aliphatic rings. The molecule has 0 unspecified atom stereocenters. The van der Waals surface area contributed by atoms with Crippen LogP contribution in [0.1, 0.15) is 41.1 Å². The Morgan fingerprint density at radius 3 is 2.28 bits per heavy atom. The lowest BCUT2D eigenvalue weighted by Gasteiger charge is -2.12. The van der Waals surface area contributed by atoms with Crippen molar-refractivity contribution in [2.75, 3.05) is 0 Å². The lowest BCUT2D eigenvalue weighted by Crippen LogP contribution is -2.41. The number of aromatic nitrogens is 1. The highest BCUT2D eigenvalue weighted by atomic mass is 32.2. The molecule has 0 aliphatic heterocycles. The first kappa shape index (κ1) is 18.7. The fourth-order valence-electron chi connectivity index (χ4n) is 1.93. The predicted molar refractivity (Wildman–Crippen MR) is 92.2 cm³/mol. The van der Waals surface area contributed by atoms with Gasteiger partial charge in [-0.2, -0.15) is 0 Å². The van der Waals surface area contributed by atoms with Gasteiger partial charge in [0.25, 0.3) is 11.8 Å². The van der Waals surface area contributed by atoms with Gasteiger partial charge >= 0.3 is 0 Å². The summed E-state index contributed by atoms with van der Waals surface area (Å²) in [7, 11) is -3.62. The number of carbonyl (C=O) groups excluding carboxylic acids is 2. The van der Waals surface area contributed by atoms with Gasteiger partial charge in [0.1, 0.15) is 5.69 Å². The molecule has 4 N–H and O–H groups in total. The summed E-state index contributed by atoms with van der Waals surface area (Å²) >= 11 is 0. The molecule has 0 radical (unpaired) electrons. The van der Waals surface area contributed by atoms with Gasteiger partial charge < -0.3 is 4.98 Å². The smallest absolute Gasteiger partial charge is 0.286 e. The first-order chi connectivity index (χ1) is 11.8. The monoisotopic (exact) mass is 364 g/mol. The summed E-state index contributed by atoms with van der Waals surface area (Å²) in [5.41, 5.74) is 5.05. The molecule has 8 nitrogen and oxygen atoms in total. The molecule has 2 amide bonds. The van der Waals surface area contributed by atoms with E-state index in [-0.39, 0.29) is 16.5 Å². The van der Waals surface area contributed by atoms with Gasteiger partial charge in [-0.1, -0.05) is 6.92 Å². The first-order valence-electron chi connectivity index (χ1n) is 7.70. The van der Waals surface area contributed by atoms with Gasteiger partial charge in [-0.3, -0.25) is 20.4 Å². The van der Waals surface area contributed by atoms with Crippen LogP contribution in [0.3, 0.4) is 0 Å². The van der Waals surface area contributed by atoms with Crippen LogP contribution in [0, 0.1) is 0 Å². The third-order valence-corrected chi connectivity index (χ3v) is 5.13. The molecule has 9 heteroatoms. The molecule has 0 spiro atoms. The molecular weight excluding hydrogens is 344 g/mol. The van der Waals surface area contributed by atoms with Crippen molar-refractivity contribution < 1.29 is 18.0 Å². The van der Waals surface area contributed by atoms with Crippen molar-refractivity contribution in [2.45, 2.75) is 31.2 Å². The van der Waals surface area contributed by atoms with E-state index in [9.17, 15) is 18.0 Å². The lowest BCUT2D eigenvalue weighted by atomic mass is 10.2. The van der Waals surface area contributed by atoms with Crippen LogP contribution in [0.25, 0.3) is 0 Å². The molecule has 2 rings (SSSR count). The molecule has 1 heterocycles. The summed E-state index contributed by atoms with van der Waals surface area (Å²) in [4.78, 5) is 26.5. The number of rotatable bonds is 6. The van der Waals surface area contributed by atoms with Gasteiger partial charge in [0, 0.05) is 17.8 Å². The van der Waals surface area contributed by atoms with Crippen LogP contribution in [0.5, 0.6) is 0 Å². The summed E-state index contributed by atoms with van der Waals surface area (Å²) in [6, 6.07) is 8.46. The number of benzene rings is 1. The standard InChI is InChI=1S/C16H20N4O4S/c1-3-11(2)20-25(23,24)13-8-6-12(7-9-13)15(21)18-19-16(22)14-5-4-10-17-14/h4-11,17,20H,3H2,1-2H3,(H,18,21)(H,19,22)/t11-/m1/s1. The van der Waals surface area contributed by atoms with Crippen molar-refractivity contribution in [1.82, 2.24) is 20.6 Å². The Balaban J connectivity index is 1.99. The van der Waals surface area contributed by atoms with Gasteiger partial charge in [-0.05, 0) is 49.7 Å². The molecule has 0 saturated carbocycles. The number of hydrogen-bond acceptors (Lipinski definition) is 4. The zero-order valence-corrected chi connectivity index (χ0v) is 14.7. The van der Waals surface area contributed by atoms with Crippen LogP contribution in [-0.2, 0) is 10.0 Å². The Morgan fingerprint density at radius 1 is 1.08 bits per heavy atom. The van der Waals surface area contributed by atoms with Crippen molar-refractivity contribution in [3.63, 3.8) is 0 Å². The highest BCUT2D eigenvalue weighted by Crippen LogP contribution is 2.11. The van der Waals surface area contributed by atoms with Crippen molar-refractivity contribution in [3.05, 3.63) is 53.9 Å². The van der Waals surface area contributed by atoms with Gasteiger partial charge in [0.2, 0.25) is 10.0 Å². The van der Waals surface area contributed by atoms with Crippen LogP contribution in [0.4, 0.5) is 0 Å². The Hall–Kier alpha value is -2.65. The number of hydrazine groups is 1. The van der Waals surface area contributed by atoms with Crippen molar-refractivity contribution in [3.8, 4) is 0 Å². The Kier molecular flexibility index (Phi) is 5.94. The third-order valence-electron chi connectivity index (χ3n) is 3.53. The minimum Gasteiger partial charge on any atom is -0.357 e. The number of H-pyrrole nitrogens is 1. The average Bonchev–Trinajstić information content (AvgIpc) is 3.13. The Morgan fingerprint density at radius 2 is 1.72 bits per heavy atom. The maximum atomic E-state index is 12.2. The number of aromatic amines is 1. The van der Waals surface area contributed by atoms with Gasteiger partial charge in [-0.15, -0.1) is 0 Å². The molecule has 2 aromatic rings. The highest BCUT2D eigenvalue weighted by molar-refractivity contribution is 7.89. The van der Waals surface area contributed by atoms with E-state index in [4.69, 9.17) is 0 Å². The molecular formula is C16H20N4O4S. The van der Waals surface area contributed by atoms with E-state index < -0.39 is 21.8 Å². The second-order valence-corrected chi connectivity index (χ2v) is 7.16. The minimum atomic E-state index is -3.62. The zero-order valence-electron chi connectivity index (χ0n) is 13.9. The van der Waals surface area contributed by atoms with Gasteiger partial charge in [0.05, 0.1) is 4.90 Å². The summed E-state index contributed by atoms with van der Waals surface area (Å²) in [5.74, 6) is -1.05. The average molecular weight is 364 g/mol. The summed E-state index contributed by atoms with van der Waals surface area (Å²) < 4.78 is 26.9. The fourth-order valence-corrected chi connectivity index (χ4v) is 3.25. The predicted octanol–water partition coefficient (Wildman–Crippen LogP) is 1.17. The van der Waals surface area contributed by atoms with E-state index in [2.05, 4.69) is 20.6 Å². The molecule has 134 valence electrons. The Labute approximate surface area is 146 Å². The maximum Gasteiger partial charge on any atom is 0.286 e. The summed E-state index contributed by atoms with van der Waals surface area (Å²) in [6.07, 6.45) is 2.25. The molecule has 0 aliphatic carbocycles. The van der Waals surface area contributed by atoms with Gasteiger partial charge in [0.15, 0.2) is 0 Å². The summed E-state index contributed by atoms with van der Waals surface area (Å²) in [5, 5.41) is 0. The van der Waals surface area contributed by atoms with Crippen molar-refractivity contribution in [1.29, 1.82) is 0 Å². The number of hydrogen-bond donors (Lipinski definition) is 4. The van der Waals surface area contributed by atoms with Crippen molar-refractivity contribution >= 4 is 21.8 Å². The van der Waals surface area contributed by atoms with E-state index >= 15 is 0 Å². The SMILES string of the molecule is CC[C@@H](C)NS(=O)(=O)c1ccc(C(=O)NNC(=O)c2ccc[nH]2)cc1. The topological polar surface area (TPSA) is 120 Å². The van der Waals surface area contributed by atoms with Crippen molar-refractivity contribution in [2.24, 2.45) is 0 Å². The molecule has 0 bridgehead atoms. The second-order valence-electron chi connectivity index (χ2n) is 5.45. The number of amides is 2. The molecule has 25 heavy (non-hydrogen) atoms. The van der Waals surface area contributed by atoms with Gasteiger partial charge in [-0.25, -0.2) is 13.1 Å². The van der Waals surface area contributed by atoms with E-state index in [1.54, 1.807) is 25.3 Å². The molecule has 1 aromatic carbocycles. The molecule has 0 fully saturated rings. The molecule has 0 saturated heterocycles. The number of sulfonamides is 1. The fraction of sp³-hybridized carbons (Fsp3) is 0.250. The molecule has 1 aromatic heterocycles. The van der Waals surface area contributed by atoms with Crippen LogP contribution in [0.15, 0.2) is 47.5 Å². The minimum absolute atomic E-state index is 0.0692. The van der Waals surface area contributed by atoms with Crippen LogP contribution < -0.4 is 15.6 Å². The summed E-state index contributed by atoms with van der Waals surface area (Å²) in [6.45, 7) is 3.65. The van der Waals surface area contributed by atoms with E-state index in [0.717, 1.165) is 0 Å². The van der Waals surface area contributed by atoms with Crippen LogP contribution >= 0.6 is 0 Å². The van der Waals surface area contributed by atoms with E-state index in [1.807, 2.05) is 6.92 Å². The third kappa shape index (κ3) is 4.91. The largest absolute Gasteiger partial charge is 0.357 e. The molecule has 1 atom stereocenters. The van der Waals surface area contributed by atoms with Crippen LogP contribution in [0.2, 0.25) is 0 Å². The highest BCUT2D eigenvalue weighted by Gasteiger charge is 2.17. The second kappa shape index (κ2) is 7.95. The maximum absolute atomic E-state index is 12.2. The number of carbonyl (C=O) groups is 2. The first-order valence-corrected chi connectivity index (χ1v) is 9.18. The normalized spacial score (nSPS) is 12.4. The van der Waals surface area contributed by atoms with Crippen LogP contribution in [-0.4, -0.2) is 31.3 Å². The number of nitrogens with one attached hydrogen (secondary N) is 4. The lowest BCUT2D eigenvalue weighted by molar-refractivity contribution is 0.0844. The Bertz CT molecular complexity index is 830. The van der Waals surface area contributed by atoms with E-state index in [0.29, 0.717) is 12.1 Å².